The quantitative estimate of drug-likeness (QED) is 0.573. The largest absolute Gasteiger partial charge is 0.419 e. The minimum atomic E-state index is -1.22. The summed E-state index contributed by atoms with van der Waals surface area (Å²) in [7, 11) is 0. The Labute approximate surface area is 111 Å². The monoisotopic (exact) mass is 266 g/mol. The Kier molecular flexibility index (Phi) is 2.71. The molecule has 0 amide bonds. The summed E-state index contributed by atoms with van der Waals surface area (Å²) in [5, 5.41) is 0. The van der Waals surface area contributed by atoms with Crippen molar-refractivity contribution in [3.05, 3.63) is 12.2 Å². The van der Waals surface area contributed by atoms with Gasteiger partial charge in [0.25, 0.3) is 5.79 Å². The second-order valence-electron chi connectivity index (χ2n) is 5.70. The molecule has 3 aliphatic rings. The van der Waals surface area contributed by atoms with Crippen LogP contribution in [0.3, 0.4) is 0 Å². The van der Waals surface area contributed by atoms with E-state index in [1.54, 1.807) is 6.92 Å². The average Bonchev–Trinajstić information content (AvgIpc) is 2.86. The number of esters is 2. The molecule has 2 bridgehead atoms. The lowest BCUT2D eigenvalue weighted by Crippen LogP contribution is -2.58. The Morgan fingerprint density at radius 2 is 2.32 bits per heavy atom. The van der Waals surface area contributed by atoms with Gasteiger partial charge in [-0.05, 0) is 19.8 Å². The standard InChI is InChI=1S/C14H18O5/c1-4-9-10-5-8-6-14(11(10)17-8,19-13(9)16)18-12(15)7(2)3/h8-11H,2,4-6H2,1,3H3. The smallest absolute Gasteiger partial charge is 0.336 e. The Bertz CT molecular complexity index is 457. The van der Waals surface area contributed by atoms with Crippen LogP contribution in [0.25, 0.3) is 0 Å². The molecule has 0 radical (unpaired) electrons. The van der Waals surface area contributed by atoms with E-state index in [2.05, 4.69) is 6.58 Å². The Morgan fingerprint density at radius 1 is 1.58 bits per heavy atom. The highest BCUT2D eigenvalue weighted by Crippen LogP contribution is 2.54. The van der Waals surface area contributed by atoms with Crippen LogP contribution in [0.2, 0.25) is 0 Å². The molecule has 104 valence electrons. The molecule has 5 heteroatoms. The summed E-state index contributed by atoms with van der Waals surface area (Å²) in [5.74, 6) is -2.07. The summed E-state index contributed by atoms with van der Waals surface area (Å²) >= 11 is 0. The Hall–Kier alpha value is -1.36. The van der Waals surface area contributed by atoms with Gasteiger partial charge >= 0.3 is 11.9 Å². The van der Waals surface area contributed by atoms with Crippen molar-refractivity contribution in [2.75, 3.05) is 0 Å². The van der Waals surface area contributed by atoms with Gasteiger partial charge in [0.2, 0.25) is 0 Å². The van der Waals surface area contributed by atoms with Crippen LogP contribution in [0.15, 0.2) is 12.2 Å². The minimum Gasteiger partial charge on any atom is -0.419 e. The van der Waals surface area contributed by atoms with Crippen molar-refractivity contribution < 1.29 is 23.8 Å². The third-order valence-corrected chi connectivity index (χ3v) is 4.36. The summed E-state index contributed by atoms with van der Waals surface area (Å²) in [6.07, 6.45) is 1.72. The summed E-state index contributed by atoms with van der Waals surface area (Å²) in [6, 6.07) is 0. The first-order valence-electron chi connectivity index (χ1n) is 6.74. The molecule has 3 aliphatic heterocycles. The molecule has 3 rings (SSSR count). The fourth-order valence-electron chi connectivity index (χ4n) is 3.52. The summed E-state index contributed by atoms with van der Waals surface area (Å²) in [4.78, 5) is 23.8. The molecule has 3 saturated heterocycles. The van der Waals surface area contributed by atoms with Gasteiger partial charge in [-0.1, -0.05) is 13.5 Å². The fraction of sp³-hybridized carbons (Fsp3) is 0.714. The van der Waals surface area contributed by atoms with Gasteiger partial charge in [-0.2, -0.15) is 0 Å². The maximum absolute atomic E-state index is 12.1. The van der Waals surface area contributed by atoms with Crippen molar-refractivity contribution in [1.82, 2.24) is 0 Å². The molecule has 0 N–H and O–H groups in total. The van der Waals surface area contributed by atoms with Crippen molar-refractivity contribution >= 4 is 11.9 Å². The molecule has 0 aromatic carbocycles. The van der Waals surface area contributed by atoms with Crippen molar-refractivity contribution in [2.45, 2.75) is 51.1 Å². The summed E-state index contributed by atoms with van der Waals surface area (Å²) in [6.45, 7) is 7.09. The number of carbonyl (C=O) groups is 2. The van der Waals surface area contributed by atoms with E-state index < -0.39 is 11.8 Å². The summed E-state index contributed by atoms with van der Waals surface area (Å²) < 4.78 is 16.7. The highest BCUT2D eigenvalue weighted by atomic mass is 16.8. The van der Waals surface area contributed by atoms with Gasteiger partial charge < -0.3 is 14.2 Å². The van der Waals surface area contributed by atoms with Gasteiger partial charge in [0.15, 0.2) is 0 Å². The first-order chi connectivity index (χ1) is 8.97. The number of ether oxygens (including phenoxy) is 3. The number of fused-ring (bicyclic) bond motifs is 1. The van der Waals surface area contributed by atoms with Crippen molar-refractivity contribution in [1.29, 1.82) is 0 Å². The molecule has 19 heavy (non-hydrogen) atoms. The van der Waals surface area contributed by atoms with Crippen LogP contribution in [0.1, 0.15) is 33.1 Å². The van der Waals surface area contributed by atoms with Gasteiger partial charge in [-0.25, -0.2) is 4.79 Å². The predicted molar refractivity (Wildman–Crippen MR) is 64.9 cm³/mol. The third kappa shape index (κ3) is 1.71. The molecular weight excluding hydrogens is 248 g/mol. The van der Waals surface area contributed by atoms with Crippen LogP contribution in [-0.4, -0.2) is 29.9 Å². The number of rotatable bonds is 3. The molecule has 5 unspecified atom stereocenters. The van der Waals surface area contributed by atoms with Crippen LogP contribution in [0.4, 0.5) is 0 Å². The summed E-state index contributed by atoms with van der Waals surface area (Å²) in [5.41, 5.74) is 0.294. The minimum absolute atomic E-state index is 0.0232. The highest BCUT2D eigenvalue weighted by Gasteiger charge is 2.67. The molecule has 5 atom stereocenters. The normalized spacial score (nSPS) is 42.9. The second kappa shape index (κ2) is 4.07. The molecule has 0 aromatic rings. The van der Waals surface area contributed by atoms with Crippen molar-refractivity contribution in [3.8, 4) is 0 Å². The topological polar surface area (TPSA) is 61.8 Å². The number of carbonyl (C=O) groups excluding carboxylic acids is 2. The molecule has 3 heterocycles. The van der Waals surface area contributed by atoms with E-state index >= 15 is 0 Å². The van der Waals surface area contributed by atoms with Crippen LogP contribution in [0.5, 0.6) is 0 Å². The zero-order valence-corrected chi connectivity index (χ0v) is 11.2. The SMILES string of the molecule is C=C(C)C(=O)OC12CC3CC(C(CC)C(=O)O1)C2O3. The molecule has 0 aliphatic carbocycles. The lowest BCUT2D eigenvalue weighted by molar-refractivity contribution is -0.268. The predicted octanol–water partition coefficient (Wildman–Crippen LogP) is 1.56. The maximum Gasteiger partial charge on any atom is 0.336 e. The van der Waals surface area contributed by atoms with E-state index in [1.165, 1.54) is 0 Å². The molecule has 0 spiro atoms. The number of hydrogen-bond acceptors (Lipinski definition) is 5. The number of hydrogen-bond donors (Lipinski definition) is 0. The molecule has 5 nitrogen and oxygen atoms in total. The van der Waals surface area contributed by atoms with E-state index in [4.69, 9.17) is 14.2 Å². The third-order valence-electron chi connectivity index (χ3n) is 4.36. The van der Waals surface area contributed by atoms with Crippen LogP contribution in [0, 0.1) is 11.8 Å². The van der Waals surface area contributed by atoms with Gasteiger partial charge in [-0.3, -0.25) is 4.79 Å². The van der Waals surface area contributed by atoms with Gasteiger partial charge in [0.1, 0.15) is 6.10 Å². The molecule has 0 aromatic heterocycles. The van der Waals surface area contributed by atoms with E-state index in [1.807, 2.05) is 6.92 Å². The van der Waals surface area contributed by atoms with E-state index in [-0.39, 0.29) is 30.0 Å². The highest BCUT2D eigenvalue weighted by molar-refractivity contribution is 5.87. The van der Waals surface area contributed by atoms with Crippen LogP contribution in [-0.2, 0) is 23.8 Å². The second-order valence-corrected chi connectivity index (χ2v) is 5.70. The Morgan fingerprint density at radius 3 is 2.89 bits per heavy atom. The molecule has 0 saturated carbocycles. The molecular formula is C14H18O5. The zero-order chi connectivity index (χ0) is 13.8. The van der Waals surface area contributed by atoms with Crippen molar-refractivity contribution in [2.24, 2.45) is 11.8 Å². The Balaban J connectivity index is 1.88. The van der Waals surface area contributed by atoms with Gasteiger partial charge in [0, 0.05) is 11.5 Å². The average molecular weight is 266 g/mol. The van der Waals surface area contributed by atoms with Crippen LogP contribution < -0.4 is 0 Å². The van der Waals surface area contributed by atoms with Gasteiger partial charge in [-0.15, -0.1) is 0 Å². The van der Waals surface area contributed by atoms with E-state index in [9.17, 15) is 9.59 Å². The first kappa shape index (κ1) is 12.7. The zero-order valence-electron chi connectivity index (χ0n) is 11.2. The molecule has 3 fully saturated rings. The van der Waals surface area contributed by atoms with Crippen molar-refractivity contribution in [3.63, 3.8) is 0 Å². The van der Waals surface area contributed by atoms with Crippen LogP contribution >= 0.6 is 0 Å². The fourth-order valence-corrected chi connectivity index (χ4v) is 3.52. The lowest BCUT2D eigenvalue weighted by atomic mass is 9.73. The van der Waals surface area contributed by atoms with E-state index in [0.717, 1.165) is 12.8 Å². The van der Waals surface area contributed by atoms with Gasteiger partial charge in [0.05, 0.1) is 18.4 Å². The first-order valence-corrected chi connectivity index (χ1v) is 6.74. The maximum atomic E-state index is 12.1. The lowest BCUT2D eigenvalue weighted by Gasteiger charge is -2.44. The van der Waals surface area contributed by atoms with E-state index in [0.29, 0.717) is 12.0 Å².